The number of carbonyl (C=O) groups is 2. The van der Waals surface area contributed by atoms with Crippen molar-refractivity contribution >= 4 is 11.8 Å². The number of hydrogen-bond donors (Lipinski definition) is 2. The van der Waals surface area contributed by atoms with E-state index in [9.17, 15) is 9.59 Å². The summed E-state index contributed by atoms with van der Waals surface area (Å²) >= 11 is 0. The summed E-state index contributed by atoms with van der Waals surface area (Å²) < 4.78 is 0. The fourth-order valence-corrected chi connectivity index (χ4v) is 2.79. The Labute approximate surface area is 129 Å². The van der Waals surface area contributed by atoms with E-state index in [4.69, 9.17) is 5.73 Å². The molecule has 124 valence electrons. The van der Waals surface area contributed by atoms with Crippen LogP contribution in [0.2, 0.25) is 0 Å². The van der Waals surface area contributed by atoms with Crippen LogP contribution in [-0.4, -0.2) is 42.4 Å². The highest BCUT2D eigenvalue weighted by atomic mass is 16.2. The first kappa shape index (κ1) is 19.9. The van der Waals surface area contributed by atoms with E-state index in [1.165, 1.54) is 0 Å². The van der Waals surface area contributed by atoms with Crippen LogP contribution in [0.15, 0.2) is 0 Å². The highest BCUT2D eigenvalue weighted by Gasteiger charge is 2.38. The molecule has 0 aliphatic rings. The highest BCUT2D eigenvalue weighted by Crippen LogP contribution is 2.31. The van der Waals surface area contributed by atoms with Crippen molar-refractivity contribution < 1.29 is 9.59 Å². The summed E-state index contributed by atoms with van der Waals surface area (Å²) in [5.74, 6) is -0.0887. The van der Waals surface area contributed by atoms with Gasteiger partial charge < -0.3 is 16.0 Å². The maximum absolute atomic E-state index is 12.9. The van der Waals surface area contributed by atoms with Gasteiger partial charge in [0.15, 0.2) is 0 Å². The molecule has 5 nitrogen and oxygen atoms in total. The Bertz CT molecular complexity index is 323. The number of hydrogen-bond acceptors (Lipinski definition) is 3. The van der Waals surface area contributed by atoms with Crippen molar-refractivity contribution in [2.24, 2.45) is 11.1 Å². The van der Waals surface area contributed by atoms with E-state index >= 15 is 0 Å². The number of likely N-dealkylation sites (N-methyl/N-ethyl adjacent to an activating group) is 1. The van der Waals surface area contributed by atoms with Crippen LogP contribution in [0.25, 0.3) is 0 Å². The van der Waals surface area contributed by atoms with Gasteiger partial charge >= 0.3 is 0 Å². The third-order valence-corrected chi connectivity index (χ3v) is 3.75. The first-order chi connectivity index (χ1) is 9.86. The third kappa shape index (κ3) is 6.04. The molecule has 0 unspecified atom stereocenters. The minimum atomic E-state index is -0.516. The van der Waals surface area contributed by atoms with Crippen LogP contribution in [0.4, 0.5) is 0 Å². The van der Waals surface area contributed by atoms with Crippen LogP contribution in [0.3, 0.4) is 0 Å². The van der Waals surface area contributed by atoms with Gasteiger partial charge in [0.25, 0.3) is 0 Å². The molecule has 0 atom stereocenters. The van der Waals surface area contributed by atoms with Crippen LogP contribution >= 0.6 is 0 Å². The van der Waals surface area contributed by atoms with Crippen molar-refractivity contribution in [2.45, 2.75) is 66.3 Å². The predicted molar refractivity (Wildman–Crippen MR) is 86.8 cm³/mol. The lowest BCUT2D eigenvalue weighted by Crippen LogP contribution is -2.51. The van der Waals surface area contributed by atoms with Gasteiger partial charge in [0.2, 0.25) is 11.8 Å². The molecule has 0 saturated heterocycles. The Morgan fingerprint density at radius 3 is 2.00 bits per heavy atom. The quantitative estimate of drug-likeness (QED) is 0.647. The molecular formula is C16H33N3O2. The topological polar surface area (TPSA) is 75.4 Å². The van der Waals surface area contributed by atoms with E-state index in [2.05, 4.69) is 19.2 Å². The number of rotatable bonds is 10. The average Bonchev–Trinajstić information content (AvgIpc) is 2.42. The van der Waals surface area contributed by atoms with Crippen molar-refractivity contribution in [3.63, 3.8) is 0 Å². The standard InChI is InChI=1S/C16H33N3O2/c1-6-9-16(12-17,10-7-2)15(21)19(8-3)11-14(20)18-13(4)5/h13H,6-12,17H2,1-5H3,(H,18,20). The largest absolute Gasteiger partial charge is 0.352 e. The van der Waals surface area contributed by atoms with E-state index in [1.807, 2.05) is 20.8 Å². The van der Waals surface area contributed by atoms with Crippen molar-refractivity contribution in [1.82, 2.24) is 10.2 Å². The maximum atomic E-state index is 12.9. The van der Waals surface area contributed by atoms with Crippen molar-refractivity contribution in [1.29, 1.82) is 0 Å². The summed E-state index contributed by atoms with van der Waals surface area (Å²) in [6.07, 6.45) is 3.38. The molecule has 0 bridgehead atoms. The monoisotopic (exact) mass is 299 g/mol. The number of amides is 2. The molecule has 0 heterocycles. The molecule has 3 N–H and O–H groups in total. The van der Waals surface area contributed by atoms with E-state index in [0.29, 0.717) is 13.1 Å². The van der Waals surface area contributed by atoms with Gasteiger partial charge in [0.05, 0.1) is 12.0 Å². The Kier molecular flexibility index (Phi) is 9.26. The van der Waals surface area contributed by atoms with Crippen LogP contribution < -0.4 is 11.1 Å². The fraction of sp³-hybridized carbons (Fsp3) is 0.875. The molecule has 21 heavy (non-hydrogen) atoms. The predicted octanol–water partition coefficient (Wildman–Crippen LogP) is 1.90. The van der Waals surface area contributed by atoms with Gasteiger partial charge in [0.1, 0.15) is 0 Å². The van der Waals surface area contributed by atoms with Gasteiger partial charge in [-0.05, 0) is 33.6 Å². The van der Waals surface area contributed by atoms with Gasteiger partial charge in [-0.3, -0.25) is 9.59 Å². The first-order valence-corrected chi connectivity index (χ1v) is 8.15. The molecule has 0 fully saturated rings. The number of nitrogens with zero attached hydrogens (tertiary/aromatic N) is 1. The van der Waals surface area contributed by atoms with Gasteiger partial charge in [-0.1, -0.05) is 26.7 Å². The average molecular weight is 299 g/mol. The van der Waals surface area contributed by atoms with Gasteiger partial charge in [-0.2, -0.15) is 0 Å². The first-order valence-electron chi connectivity index (χ1n) is 8.15. The number of nitrogens with two attached hydrogens (primary N) is 1. The Morgan fingerprint density at radius 1 is 1.14 bits per heavy atom. The van der Waals surface area contributed by atoms with Gasteiger partial charge in [-0.25, -0.2) is 0 Å². The highest BCUT2D eigenvalue weighted by molar-refractivity contribution is 5.88. The normalized spacial score (nSPS) is 11.6. The number of carbonyl (C=O) groups excluding carboxylic acids is 2. The molecule has 0 aliphatic heterocycles. The number of nitrogens with one attached hydrogen (secondary N) is 1. The lowest BCUT2D eigenvalue weighted by Gasteiger charge is -2.36. The zero-order valence-corrected chi connectivity index (χ0v) is 14.4. The molecule has 0 aromatic carbocycles. The summed E-state index contributed by atoms with van der Waals surface area (Å²) in [7, 11) is 0. The van der Waals surface area contributed by atoms with Crippen molar-refractivity contribution in [2.75, 3.05) is 19.6 Å². The summed E-state index contributed by atoms with van der Waals surface area (Å²) in [6, 6.07) is 0.0804. The lowest BCUT2D eigenvalue weighted by atomic mass is 9.78. The van der Waals surface area contributed by atoms with Crippen LogP contribution in [0, 0.1) is 5.41 Å². The molecule has 0 radical (unpaired) electrons. The molecular weight excluding hydrogens is 266 g/mol. The molecule has 0 saturated carbocycles. The summed E-state index contributed by atoms with van der Waals surface area (Å²) in [5.41, 5.74) is 5.42. The second kappa shape index (κ2) is 9.77. The molecule has 0 aliphatic carbocycles. The molecule has 0 aromatic heterocycles. The summed E-state index contributed by atoms with van der Waals surface area (Å²) in [6.45, 7) is 10.8. The Balaban J connectivity index is 5.04. The summed E-state index contributed by atoms with van der Waals surface area (Å²) in [4.78, 5) is 26.5. The second-order valence-electron chi connectivity index (χ2n) is 6.03. The van der Waals surface area contributed by atoms with E-state index < -0.39 is 5.41 Å². The fourth-order valence-electron chi connectivity index (χ4n) is 2.79. The third-order valence-electron chi connectivity index (χ3n) is 3.75. The van der Waals surface area contributed by atoms with E-state index in [1.54, 1.807) is 4.90 Å². The minimum absolute atomic E-state index is 0.0232. The molecule has 0 aromatic rings. The Morgan fingerprint density at radius 2 is 1.67 bits per heavy atom. The second-order valence-corrected chi connectivity index (χ2v) is 6.03. The summed E-state index contributed by atoms with van der Waals surface area (Å²) in [5, 5.41) is 2.83. The van der Waals surface area contributed by atoms with Crippen LogP contribution in [0.5, 0.6) is 0 Å². The molecule has 2 amide bonds. The molecule has 0 rings (SSSR count). The van der Waals surface area contributed by atoms with Crippen molar-refractivity contribution in [3.8, 4) is 0 Å². The smallest absolute Gasteiger partial charge is 0.239 e. The lowest BCUT2D eigenvalue weighted by molar-refractivity contribution is -0.145. The minimum Gasteiger partial charge on any atom is -0.352 e. The van der Waals surface area contributed by atoms with Gasteiger partial charge in [0, 0.05) is 19.1 Å². The molecule has 5 heteroatoms. The van der Waals surface area contributed by atoms with Crippen molar-refractivity contribution in [3.05, 3.63) is 0 Å². The zero-order chi connectivity index (χ0) is 16.5. The molecule has 0 spiro atoms. The van der Waals surface area contributed by atoms with E-state index in [-0.39, 0.29) is 24.4 Å². The van der Waals surface area contributed by atoms with Crippen LogP contribution in [-0.2, 0) is 9.59 Å². The van der Waals surface area contributed by atoms with Gasteiger partial charge in [-0.15, -0.1) is 0 Å². The Hall–Kier alpha value is -1.10. The van der Waals surface area contributed by atoms with E-state index in [0.717, 1.165) is 25.7 Å². The zero-order valence-electron chi connectivity index (χ0n) is 14.4. The SMILES string of the molecule is CCCC(CN)(CCC)C(=O)N(CC)CC(=O)NC(C)C. The van der Waals surface area contributed by atoms with Crippen LogP contribution in [0.1, 0.15) is 60.3 Å². The maximum Gasteiger partial charge on any atom is 0.239 e.